The molecule has 0 aliphatic carbocycles. The zero-order valence-corrected chi connectivity index (χ0v) is 18.1. The van der Waals surface area contributed by atoms with Gasteiger partial charge in [0.1, 0.15) is 0 Å². The van der Waals surface area contributed by atoms with Crippen LogP contribution in [-0.2, 0) is 13.6 Å². The summed E-state index contributed by atoms with van der Waals surface area (Å²) in [5, 5.41) is 0. The summed E-state index contributed by atoms with van der Waals surface area (Å²) in [5.41, 5.74) is 4.24. The molecule has 0 bridgehead atoms. The van der Waals surface area contributed by atoms with Crippen molar-refractivity contribution in [2.75, 3.05) is 0 Å². The van der Waals surface area contributed by atoms with Gasteiger partial charge in [0.05, 0.1) is 28.3 Å². The van der Waals surface area contributed by atoms with Crippen molar-refractivity contribution in [1.82, 2.24) is 19.1 Å². The zero-order chi connectivity index (χ0) is 20.8. The van der Waals surface area contributed by atoms with Gasteiger partial charge in [-0.3, -0.25) is 0 Å². The van der Waals surface area contributed by atoms with Crippen molar-refractivity contribution in [2.24, 2.45) is 12.0 Å². The summed E-state index contributed by atoms with van der Waals surface area (Å²) in [7, 11) is 2.03. The summed E-state index contributed by atoms with van der Waals surface area (Å²) in [4.78, 5) is 14.2. The lowest BCUT2D eigenvalue weighted by Gasteiger charge is -2.07. The zero-order valence-electron chi connectivity index (χ0n) is 18.1. The molecule has 2 aromatic heterocycles. The van der Waals surface area contributed by atoms with Crippen molar-refractivity contribution in [3.63, 3.8) is 0 Å². The molecule has 0 spiro atoms. The highest BCUT2D eigenvalue weighted by Crippen LogP contribution is 2.23. The van der Waals surface area contributed by atoms with Crippen molar-refractivity contribution in [2.45, 2.75) is 58.4 Å². The Kier molecular flexibility index (Phi) is 6.57. The number of hydrogen-bond acceptors (Lipinski definition) is 3. The van der Waals surface area contributed by atoms with Crippen LogP contribution >= 0.6 is 0 Å². The largest absolute Gasteiger partial charge is 0.326 e. The van der Waals surface area contributed by atoms with Crippen molar-refractivity contribution in [1.29, 1.82) is 0 Å². The topological polar surface area (TPSA) is 48.0 Å². The molecule has 5 nitrogen and oxygen atoms in total. The molecule has 2 heterocycles. The molecule has 0 saturated carbocycles. The van der Waals surface area contributed by atoms with Crippen molar-refractivity contribution < 1.29 is 0 Å². The molecule has 0 saturated heterocycles. The van der Waals surface area contributed by atoms with Crippen LogP contribution in [0.4, 0.5) is 5.95 Å². The van der Waals surface area contributed by atoms with Gasteiger partial charge in [0, 0.05) is 13.6 Å². The molecule has 4 aromatic rings. The Morgan fingerprint density at radius 1 is 0.800 bits per heavy atom. The molecule has 5 heteroatoms. The Balaban J connectivity index is 1.52. The summed E-state index contributed by atoms with van der Waals surface area (Å²) < 4.78 is 4.32. The highest BCUT2D eigenvalue weighted by atomic mass is 15.2. The molecule has 0 aliphatic heterocycles. The average Bonchev–Trinajstić information content (AvgIpc) is 3.29. The highest BCUT2D eigenvalue weighted by molar-refractivity contribution is 5.86. The van der Waals surface area contributed by atoms with E-state index in [2.05, 4.69) is 40.3 Å². The molecule has 0 aliphatic rings. The molecule has 0 fully saturated rings. The number of para-hydroxylation sites is 4. The van der Waals surface area contributed by atoms with Crippen LogP contribution in [0.1, 0.15) is 57.7 Å². The number of unbranched alkanes of at least 4 members (excludes halogenated alkanes) is 6. The van der Waals surface area contributed by atoms with E-state index in [0.717, 1.165) is 46.8 Å². The third-order valence-corrected chi connectivity index (χ3v) is 5.74. The maximum Gasteiger partial charge on any atom is 0.230 e. The molecule has 0 amide bonds. The maximum atomic E-state index is 4.78. The second-order valence-corrected chi connectivity index (χ2v) is 7.95. The summed E-state index contributed by atoms with van der Waals surface area (Å²) in [6, 6.07) is 16.5. The Labute approximate surface area is 178 Å². The van der Waals surface area contributed by atoms with Crippen LogP contribution in [-0.4, -0.2) is 25.3 Å². The van der Waals surface area contributed by atoms with E-state index in [4.69, 9.17) is 15.0 Å². The van der Waals surface area contributed by atoms with Gasteiger partial charge in [-0.1, -0.05) is 69.7 Å². The summed E-state index contributed by atoms with van der Waals surface area (Å²) >= 11 is 0. The smallest absolute Gasteiger partial charge is 0.230 e. The minimum absolute atomic E-state index is 0.759. The van der Waals surface area contributed by atoms with Gasteiger partial charge in [-0.05, 0) is 30.7 Å². The number of benzene rings is 2. The highest BCUT2D eigenvalue weighted by Gasteiger charge is 2.10. The number of aromatic nitrogens is 4. The lowest BCUT2D eigenvalue weighted by molar-refractivity contribution is 0.556. The number of fused-ring (bicyclic) bond motifs is 2. The monoisotopic (exact) mass is 401 g/mol. The van der Waals surface area contributed by atoms with Gasteiger partial charge in [0.15, 0.2) is 5.82 Å². The normalized spacial score (nSPS) is 11.9. The SMILES string of the molecule is CCCCCCCCCn1c(/N=C/c2nc3ccccc3n2C)nc2ccccc21. The fraction of sp³-hybridized carbons (Fsp3) is 0.400. The van der Waals surface area contributed by atoms with Crippen LogP contribution in [0.15, 0.2) is 53.5 Å². The van der Waals surface area contributed by atoms with E-state index in [1.54, 1.807) is 0 Å². The molecule has 2 aromatic carbocycles. The van der Waals surface area contributed by atoms with Gasteiger partial charge in [-0.15, -0.1) is 0 Å². The molecule has 0 atom stereocenters. The quantitative estimate of drug-likeness (QED) is 0.227. The van der Waals surface area contributed by atoms with E-state index in [9.17, 15) is 0 Å². The Hall–Kier alpha value is -2.95. The third kappa shape index (κ3) is 4.45. The number of hydrogen-bond donors (Lipinski definition) is 0. The van der Waals surface area contributed by atoms with Crippen LogP contribution in [0, 0.1) is 0 Å². The standard InChI is InChI=1S/C25H31N5/c1-3-4-5-6-7-8-13-18-30-23-17-12-10-15-21(23)28-25(30)26-19-24-27-20-14-9-11-16-22(20)29(24)2/h9-12,14-17,19H,3-8,13,18H2,1-2H3/b26-19+. The summed E-state index contributed by atoms with van der Waals surface area (Å²) in [6.07, 6.45) is 10.9. The molecule has 0 N–H and O–H groups in total. The van der Waals surface area contributed by atoms with Gasteiger partial charge >= 0.3 is 0 Å². The summed E-state index contributed by atoms with van der Waals surface area (Å²) in [5.74, 6) is 1.60. The third-order valence-electron chi connectivity index (χ3n) is 5.74. The van der Waals surface area contributed by atoms with Crippen LogP contribution in [0.25, 0.3) is 22.1 Å². The Morgan fingerprint density at radius 3 is 2.17 bits per heavy atom. The minimum Gasteiger partial charge on any atom is -0.326 e. The van der Waals surface area contributed by atoms with Crippen LogP contribution in [0.2, 0.25) is 0 Å². The maximum absolute atomic E-state index is 4.78. The molecule has 156 valence electrons. The van der Waals surface area contributed by atoms with E-state index in [1.165, 1.54) is 38.5 Å². The lowest BCUT2D eigenvalue weighted by Crippen LogP contribution is -1.99. The average molecular weight is 402 g/mol. The van der Waals surface area contributed by atoms with Crippen LogP contribution < -0.4 is 0 Å². The van der Waals surface area contributed by atoms with Gasteiger partial charge in [0.2, 0.25) is 5.95 Å². The van der Waals surface area contributed by atoms with Gasteiger partial charge in [-0.2, -0.15) is 0 Å². The van der Waals surface area contributed by atoms with Gasteiger partial charge in [0.25, 0.3) is 0 Å². The first-order valence-electron chi connectivity index (χ1n) is 11.2. The van der Waals surface area contributed by atoms with Gasteiger partial charge < -0.3 is 9.13 Å². The first-order valence-corrected chi connectivity index (χ1v) is 11.2. The van der Waals surface area contributed by atoms with E-state index < -0.39 is 0 Å². The van der Waals surface area contributed by atoms with Gasteiger partial charge in [-0.25, -0.2) is 15.0 Å². The van der Waals surface area contributed by atoms with Crippen LogP contribution in [0.5, 0.6) is 0 Å². The number of aryl methyl sites for hydroxylation is 2. The predicted octanol–water partition coefficient (Wildman–Crippen LogP) is 6.42. The fourth-order valence-electron chi connectivity index (χ4n) is 4.00. The van der Waals surface area contributed by atoms with E-state index >= 15 is 0 Å². The Morgan fingerprint density at radius 2 is 1.43 bits per heavy atom. The first-order chi connectivity index (χ1) is 14.8. The number of imidazole rings is 2. The molecule has 0 radical (unpaired) electrons. The van der Waals surface area contributed by atoms with E-state index in [0.29, 0.717) is 0 Å². The molecule has 4 rings (SSSR count). The van der Waals surface area contributed by atoms with Crippen LogP contribution in [0.3, 0.4) is 0 Å². The first kappa shape index (κ1) is 20.3. The number of aliphatic imine (C=N–C) groups is 1. The predicted molar refractivity (Wildman–Crippen MR) is 126 cm³/mol. The Bertz CT molecular complexity index is 1140. The lowest BCUT2D eigenvalue weighted by atomic mass is 10.1. The second-order valence-electron chi connectivity index (χ2n) is 7.95. The molecular weight excluding hydrogens is 370 g/mol. The molecule has 30 heavy (non-hydrogen) atoms. The number of nitrogens with zero attached hydrogens (tertiary/aromatic N) is 5. The second kappa shape index (κ2) is 9.70. The van der Waals surface area contributed by atoms with E-state index in [1.807, 2.05) is 37.5 Å². The van der Waals surface area contributed by atoms with E-state index in [-0.39, 0.29) is 0 Å². The van der Waals surface area contributed by atoms with Crippen molar-refractivity contribution >= 4 is 34.2 Å². The number of rotatable bonds is 10. The fourth-order valence-corrected chi connectivity index (χ4v) is 4.00. The summed E-state index contributed by atoms with van der Waals surface area (Å²) in [6.45, 7) is 3.21. The minimum atomic E-state index is 0.759. The van der Waals surface area contributed by atoms with Crippen molar-refractivity contribution in [3.8, 4) is 0 Å². The molecule has 0 unspecified atom stereocenters. The molecular formula is C25H31N5. The van der Waals surface area contributed by atoms with Crippen molar-refractivity contribution in [3.05, 3.63) is 54.4 Å².